The highest BCUT2D eigenvalue weighted by Gasteiger charge is 2.32. The number of benzene rings is 1. The Morgan fingerprint density at radius 2 is 1.74 bits per heavy atom. The van der Waals surface area contributed by atoms with E-state index in [4.69, 9.17) is 0 Å². The van der Waals surface area contributed by atoms with Gasteiger partial charge in [0.2, 0.25) is 5.91 Å². The molecule has 1 aromatic carbocycles. The summed E-state index contributed by atoms with van der Waals surface area (Å²) in [4.78, 5) is 30.6. The van der Waals surface area contributed by atoms with Gasteiger partial charge < -0.3 is 15.1 Å². The molecular formula is C21H32N4O2. The normalized spacial score (nSPS) is 22.5. The highest BCUT2D eigenvalue weighted by molar-refractivity contribution is 5.80. The molecule has 6 nitrogen and oxygen atoms in total. The van der Waals surface area contributed by atoms with Gasteiger partial charge in [0, 0.05) is 58.3 Å². The molecule has 27 heavy (non-hydrogen) atoms. The maximum absolute atomic E-state index is 12.7. The van der Waals surface area contributed by atoms with Crippen LogP contribution >= 0.6 is 0 Å². The van der Waals surface area contributed by atoms with Crippen LogP contribution in [-0.4, -0.2) is 73.0 Å². The number of carbonyl (C=O) groups excluding carboxylic acids is 2. The molecule has 1 N–H and O–H groups in total. The number of hydrogen-bond donors (Lipinski definition) is 1. The van der Waals surface area contributed by atoms with Crippen molar-refractivity contribution < 1.29 is 9.59 Å². The van der Waals surface area contributed by atoms with Gasteiger partial charge in [0.25, 0.3) is 0 Å². The molecule has 6 heteroatoms. The summed E-state index contributed by atoms with van der Waals surface area (Å²) in [5.41, 5.74) is 1.32. The molecule has 0 spiro atoms. The first-order valence-electron chi connectivity index (χ1n) is 10.0. The average Bonchev–Trinajstić information content (AvgIpc) is 3.16. The van der Waals surface area contributed by atoms with Crippen LogP contribution in [0.1, 0.15) is 37.8 Å². The Balaban J connectivity index is 1.45. The molecule has 1 aromatic rings. The van der Waals surface area contributed by atoms with Gasteiger partial charge in [-0.2, -0.15) is 0 Å². The number of rotatable bonds is 4. The number of nitrogens with one attached hydrogen (secondary N) is 1. The van der Waals surface area contributed by atoms with Gasteiger partial charge in [-0.15, -0.1) is 0 Å². The van der Waals surface area contributed by atoms with Crippen molar-refractivity contribution in [2.24, 2.45) is 5.92 Å². The van der Waals surface area contributed by atoms with Crippen molar-refractivity contribution in [1.82, 2.24) is 20.0 Å². The molecule has 2 unspecified atom stereocenters. The highest BCUT2D eigenvalue weighted by Crippen LogP contribution is 2.25. The van der Waals surface area contributed by atoms with E-state index in [9.17, 15) is 9.59 Å². The minimum atomic E-state index is 0.0248. The van der Waals surface area contributed by atoms with Gasteiger partial charge in [0.05, 0.1) is 0 Å². The summed E-state index contributed by atoms with van der Waals surface area (Å²) in [5, 5.41) is 3.26. The summed E-state index contributed by atoms with van der Waals surface area (Å²) >= 11 is 0. The first-order valence-corrected chi connectivity index (χ1v) is 10.0. The van der Waals surface area contributed by atoms with E-state index in [1.54, 1.807) is 19.0 Å². The summed E-state index contributed by atoms with van der Waals surface area (Å²) < 4.78 is 0. The zero-order valence-electron chi connectivity index (χ0n) is 16.7. The standard InChI is InChI=1S/C21H32N4O2/c1-16(17-7-5-4-6-8-17)25-14-11-19(15-25)22-20(26)18-9-12-24(13-10-18)21(27)23(2)3/h4-8,16,18-19H,9-15H2,1-3H3,(H,22,26). The quantitative estimate of drug-likeness (QED) is 0.883. The van der Waals surface area contributed by atoms with Crippen molar-refractivity contribution in [3.05, 3.63) is 35.9 Å². The topological polar surface area (TPSA) is 55.9 Å². The largest absolute Gasteiger partial charge is 0.352 e. The molecule has 0 bridgehead atoms. The van der Waals surface area contributed by atoms with Crippen molar-refractivity contribution >= 4 is 11.9 Å². The summed E-state index contributed by atoms with van der Waals surface area (Å²) in [6, 6.07) is 11.2. The van der Waals surface area contributed by atoms with Crippen LogP contribution in [0.3, 0.4) is 0 Å². The van der Waals surface area contributed by atoms with E-state index in [1.165, 1.54) is 5.56 Å². The smallest absolute Gasteiger partial charge is 0.319 e. The molecule has 2 aliphatic heterocycles. The van der Waals surface area contributed by atoms with E-state index < -0.39 is 0 Å². The van der Waals surface area contributed by atoms with E-state index >= 15 is 0 Å². The fourth-order valence-corrected chi connectivity index (χ4v) is 4.13. The van der Waals surface area contributed by atoms with Crippen molar-refractivity contribution in [3.63, 3.8) is 0 Å². The van der Waals surface area contributed by atoms with E-state index in [2.05, 4.69) is 41.4 Å². The van der Waals surface area contributed by atoms with Gasteiger partial charge in [-0.3, -0.25) is 9.69 Å². The number of likely N-dealkylation sites (tertiary alicyclic amines) is 2. The molecule has 3 amide bonds. The van der Waals surface area contributed by atoms with Gasteiger partial charge in [-0.05, 0) is 31.7 Å². The van der Waals surface area contributed by atoms with Crippen LogP contribution in [-0.2, 0) is 4.79 Å². The first-order chi connectivity index (χ1) is 13.0. The number of nitrogens with zero attached hydrogens (tertiary/aromatic N) is 3. The van der Waals surface area contributed by atoms with Gasteiger partial charge in [-0.25, -0.2) is 4.79 Å². The monoisotopic (exact) mass is 372 g/mol. The second-order valence-electron chi connectivity index (χ2n) is 8.01. The molecule has 2 saturated heterocycles. The second-order valence-corrected chi connectivity index (χ2v) is 8.01. The minimum absolute atomic E-state index is 0.0248. The molecule has 2 heterocycles. The molecule has 3 rings (SSSR count). The van der Waals surface area contributed by atoms with Crippen LogP contribution in [0.25, 0.3) is 0 Å². The van der Waals surface area contributed by atoms with Crippen LogP contribution in [0.5, 0.6) is 0 Å². The Bertz CT molecular complexity index is 641. The maximum atomic E-state index is 12.7. The van der Waals surface area contributed by atoms with E-state index in [-0.39, 0.29) is 23.9 Å². The van der Waals surface area contributed by atoms with Crippen LogP contribution in [0.2, 0.25) is 0 Å². The summed E-state index contributed by atoms with van der Waals surface area (Å²) in [5.74, 6) is 0.183. The Morgan fingerprint density at radius 3 is 2.37 bits per heavy atom. The number of carbonyl (C=O) groups is 2. The van der Waals surface area contributed by atoms with Crippen molar-refractivity contribution in [3.8, 4) is 0 Å². The molecule has 0 aliphatic carbocycles. The van der Waals surface area contributed by atoms with Crippen LogP contribution < -0.4 is 5.32 Å². The predicted molar refractivity (Wildman–Crippen MR) is 106 cm³/mol. The lowest BCUT2D eigenvalue weighted by molar-refractivity contribution is -0.126. The lowest BCUT2D eigenvalue weighted by atomic mass is 9.95. The number of amides is 3. The van der Waals surface area contributed by atoms with Crippen molar-refractivity contribution in [2.75, 3.05) is 40.3 Å². The average molecular weight is 373 g/mol. The predicted octanol–water partition coefficient (Wildman–Crippen LogP) is 2.33. The minimum Gasteiger partial charge on any atom is -0.352 e. The van der Waals surface area contributed by atoms with Gasteiger partial charge >= 0.3 is 6.03 Å². The third kappa shape index (κ3) is 4.80. The van der Waals surface area contributed by atoms with E-state index in [0.717, 1.165) is 32.4 Å². The van der Waals surface area contributed by atoms with Crippen LogP contribution in [0, 0.1) is 5.92 Å². The fourth-order valence-electron chi connectivity index (χ4n) is 4.13. The van der Waals surface area contributed by atoms with Gasteiger partial charge in [0.1, 0.15) is 0 Å². The SMILES string of the molecule is CC(c1ccccc1)N1CCC(NC(=O)C2CCN(C(=O)N(C)C)CC2)C1. The second kappa shape index (κ2) is 8.74. The molecule has 2 atom stereocenters. The first kappa shape index (κ1) is 19.7. The molecule has 2 fully saturated rings. The third-order valence-corrected chi connectivity index (χ3v) is 5.91. The molecule has 0 aromatic heterocycles. The van der Waals surface area contributed by atoms with E-state index in [1.807, 2.05) is 11.0 Å². The number of urea groups is 1. The fraction of sp³-hybridized carbons (Fsp3) is 0.619. The number of hydrogen-bond acceptors (Lipinski definition) is 3. The Morgan fingerprint density at radius 1 is 1.07 bits per heavy atom. The molecule has 0 radical (unpaired) electrons. The molecule has 2 aliphatic rings. The third-order valence-electron chi connectivity index (χ3n) is 5.91. The Hall–Kier alpha value is -2.08. The zero-order valence-corrected chi connectivity index (χ0v) is 16.7. The lowest BCUT2D eigenvalue weighted by Gasteiger charge is -2.33. The summed E-state index contributed by atoms with van der Waals surface area (Å²) in [6.07, 6.45) is 2.51. The van der Waals surface area contributed by atoms with Crippen LogP contribution in [0.15, 0.2) is 30.3 Å². The molecule has 148 valence electrons. The van der Waals surface area contributed by atoms with Crippen molar-refractivity contribution in [1.29, 1.82) is 0 Å². The lowest BCUT2D eigenvalue weighted by Crippen LogP contribution is -2.48. The molecule has 0 saturated carbocycles. The van der Waals surface area contributed by atoms with Gasteiger partial charge in [-0.1, -0.05) is 30.3 Å². The highest BCUT2D eigenvalue weighted by atomic mass is 16.2. The summed E-state index contributed by atoms with van der Waals surface area (Å²) in [7, 11) is 3.53. The van der Waals surface area contributed by atoms with Crippen molar-refractivity contribution in [2.45, 2.75) is 38.3 Å². The Labute approximate surface area is 162 Å². The number of piperidine rings is 1. The maximum Gasteiger partial charge on any atom is 0.319 e. The Kier molecular flexibility index (Phi) is 6.37. The van der Waals surface area contributed by atoms with E-state index in [0.29, 0.717) is 19.1 Å². The summed E-state index contributed by atoms with van der Waals surface area (Å²) in [6.45, 7) is 5.47. The zero-order chi connectivity index (χ0) is 19.4. The molecular weight excluding hydrogens is 340 g/mol. The van der Waals surface area contributed by atoms with Crippen LogP contribution in [0.4, 0.5) is 4.79 Å². The van der Waals surface area contributed by atoms with Gasteiger partial charge in [0.15, 0.2) is 0 Å².